The monoisotopic (exact) mass is 384 g/mol. The van der Waals surface area contributed by atoms with Gasteiger partial charge >= 0.3 is 0 Å². The molecule has 3 rings (SSSR count). The largest absolute Gasteiger partial charge is 0.353 e. The van der Waals surface area contributed by atoms with Crippen LogP contribution in [0, 0.1) is 0 Å². The summed E-state index contributed by atoms with van der Waals surface area (Å²) in [6.45, 7) is 0. The normalized spacial score (nSPS) is 15.7. The number of rotatable bonds is 6. The molecule has 0 radical (unpaired) electrons. The first-order chi connectivity index (χ1) is 13.1. The molecule has 1 unspecified atom stereocenters. The number of amides is 2. The quantitative estimate of drug-likeness (QED) is 0.761. The minimum Gasteiger partial charge on any atom is -0.353 e. The van der Waals surface area contributed by atoms with Gasteiger partial charge in [-0.05, 0) is 30.5 Å². The maximum atomic E-state index is 12.7. The van der Waals surface area contributed by atoms with Crippen LogP contribution < -0.4 is 10.6 Å². The molecular weight excluding hydrogens is 360 g/mol. The van der Waals surface area contributed by atoms with Crippen LogP contribution in [0.1, 0.15) is 60.5 Å². The van der Waals surface area contributed by atoms with Crippen molar-refractivity contribution in [2.45, 2.75) is 50.6 Å². The minimum absolute atomic E-state index is 0.0322. The van der Waals surface area contributed by atoms with Gasteiger partial charge in [-0.25, -0.2) is 0 Å². The van der Waals surface area contributed by atoms with Crippen molar-refractivity contribution < 1.29 is 9.59 Å². The number of carbonyl (C=O) groups excluding carboxylic acids is 2. The molecule has 1 aliphatic carbocycles. The van der Waals surface area contributed by atoms with Crippen molar-refractivity contribution in [3.05, 3.63) is 70.7 Å². The van der Waals surface area contributed by atoms with Crippen LogP contribution >= 0.6 is 11.6 Å². The number of carbonyl (C=O) groups is 2. The van der Waals surface area contributed by atoms with Crippen LogP contribution in [0.5, 0.6) is 0 Å². The van der Waals surface area contributed by atoms with Gasteiger partial charge in [-0.1, -0.05) is 73.3 Å². The molecule has 0 aromatic heterocycles. The van der Waals surface area contributed by atoms with Crippen LogP contribution in [0.3, 0.4) is 0 Å². The van der Waals surface area contributed by atoms with E-state index >= 15 is 0 Å². The van der Waals surface area contributed by atoms with E-state index < -0.39 is 6.04 Å². The zero-order chi connectivity index (χ0) is 19.1. The molecule has 1 saturated carbocycles. The van der Waals surface area contributed by atoms with Gasteiger partial charge in [0.15, 0.2) is 0 Å². The Labute approximate surface area is 165 Å². The van der Waals surface area contributed by atoms with Gasteiger partial charge in [0, 0.05) is 6.04 Å². The molecule has 142 valence electrons. The fraction of sp³-hybridized carbons (Fsp3) is 0.364. The van der Waals surface area contributed by atoms with Crippen molar-refractivity contribution in [2.24, 2.45) is 0 Å². The molecule has 0 spiro atoms. The Bertz CT molecular complexity index is 773. The number of halogens is 1. The molecule has 27 heavy (non-hydrogen) atoms. The lowest BCUT2D eigenvalue weighted by molar-refractivity contribution is -0.122. The van der Waals surface area contributed by atoms with Gasteiger partial charge in [0.05, 0.1) is 23.0 Å². The molecule has 4 nitrogen and oxygen atoms in total. The summed E-state index contributed by atoms with van der Waals surface area (Å²) in [6, 6.07) is 16.3. The van der Waals surface area contributed by atoms with E-state index in [1.54, 1.807) is 24.3 Å². The molecule has 0 heterocycles. The number of hydrogen-bond acceptors (Lipinski definition) is 2. The molecule has 2 aromatic rings. The third kappa shape index (κ3) is 5.57. The smallest absolute Gasteiger partial charge is 0.253 e. The number of hydrogen-bond donors (Lipinski definition) is 2. The van der Waals surface area contributed by atoms with E-state index in [1.807, 2.05) is 30.3 Å². The van der Waals surface area contributed by atoms with Gasteiger partial charge in [0.1, 0.15) is 0 Å². The molecule has 1 fully saturated rings. The highest BCUT2D eigenvalue weighted by molar-refractivity contribution is 6.33. The van der Waals surface area contributed by atoms with Gasteiger partial charge in [0.2, 0.25) is 5.91 Å². The zero-order valence-electron chi connectivity index (χ0n) is 15.3. The summed E-state index contributed by atoms with van der Waals surface area (Å²) >= 11 is 6.14. The molecule has 1 aliphatic rings. The first kappa shape index (κ1) is 19.4. The SMILES string of the molecule is O=C(CC(NC(=O)c1ccccc1Cl)c1ccccc1)NC1CCCCC1. The lowest BCUT2D eigenvalue weighted by Gasteiger charge is -2.25. The van der Waals surface area contributed by atoms with E-state index in [0.29, 0.717) is 10.6 Å². The molecule has 2 aromatic carbocycles. The molecule has 1 atom stereocenters. The predicted octanol–water partition coefficient (Wildman–Crippen LogP) is 4.65. The van der Waals surface area contributed by atoms with E-state index in [1.165, 1.54) is 6.42 Å². The Morgan fingerprint density at radius 3 is 2.33 bits per heavy atom. The Morgan fingerprint density at radius 1 is 0.963 bits per heavy atom. The van der Waals surface area contributed by atoms with Crippen LogP contribution in [0.15, 0.2) is 54.6 Å². The lowest BCUT2D eigenvalue weighted by atomic mass is 9.95. The van der Waals surface area contributed by atoms with E-state index in [2.05, 4.69) is 10.6 Å². The molecule has 2 amide bonds. The summed E-state index contributed by atoms with van der Waals surface area (Å²) in [4.78, 5) is 25.3. The van der Waals surface area contributed by atoms with Crippen LogP contribution in [-0.4, -0.2) is 17.9 Å². The summed E-state index contributed by atoms with van der Waals surface area (Å²) in [5.41, 5.74) is 1.31. The van der Waals surface area contributed by atoms with Crippen LogP contribution in [0.25, 0.3) is 0 Å². The molecule has 2 N–H and O–H groups in total. The highest BCUT2D eigenvalue weighted by Gasteiger charge is 2.22. The van der Waals surface area contributed by atoms with Gasteiger partial charge in [-0.2, -0.15) is 0 Å². The Hall–Kier alpha value is -2.33. The molecule has 5 heteroatoms. The van der Waals surface area contributed by atoms with Crippen molar-refractivity contribution in [3.8, 4) is 0 Å². The standard InChI is InChI=1S/C22H25ClN2O2/c23-19-14-8-7-13-18(19)22(27)25-20(16-9-3-1-4-10-16)15-21(26)24-17-11-5-2-6-12-17/h1,3-4,7-10,13-14,17,20H,2,5-6,11-12,15H2,(H,24,26)(H,25,27). The average Bonchev–Trinajstić information content (AvgIpc) is 2.69. The second-order valence-corrected chi connectivity index (χ2v) is 7.43. The first-order valence-electron chi connectivity index (χ1n) is 9.53. The summed E-state index contributed by atoms with van der Waals surface area (Å²) in [7, 11) is 0. The minimum atomic E-state index is -0.404. The van der Waals surface area contributed by atoms with Crippen molar-refractivity contribution in [1.29, 1.82) is 0 Å². The third-order valence-corrected chi connectivity index (χ3v) is 5.32. The van der Waals surface area contributed by atoms with Crippen molar-refractivity contribution in [3.63, 3.8) is 0 Å². The molecular formula is C22H25ClN2O2. The number of benzene rings is 2. The van der Waals surface area contributed by atoms with Crippen molar-refractivity contribution in [2.75, 3.05) is 0 Å². The topological polar surface area (TPSA) is 58.2 Å². The maximum absolute atomic E-state index is 12.7. The molecule has 0 bridgehead atoms. The predicted molar refractivity (Wildman–Crippen MR) is 108 cm³/mol. The summed E-state index contributed by atoms with van der Waals surface area (Å²) in [5.74, 6) is -0.310. The second kappa shape index (κ2) is 9.56. The molecule has 0 aliphatic heterocycles. The average molecular weight is 385 g/mol. The van der Waals surface area contributed by atoms with Gasteiger partial charge in [-0.3, -0.25) is 9.59 Å². The van der Waals surface area contributed by atoms with Gasteiger partial charge in [0.25, 0.3) is 5.91 Å². The zero-order valence-corrected chi connectivity index (χ0v) is 16.0. The van der Waals surface area contributed by atoms with E-state index in [4.69, 9.17) is 11.6 Å². The van der Waals surface area contributed by atoms with Crippen LogP contribution in [-0.2, 0) is 4.79 Å². The highest BCUT2D eigenvalue weighted by atomic mass is 35.5. The second-order valence-electron chi connectivity index (χ2n) is 7.02. The lowest BCUT2D eigenvalue weighted by Crippen LogP contribution is -2.39. The van der Waals surface area contributed by atoms with Crippen LogP contribution in [0.4, 0.5) is 0 Å². The summed E-state index contributed by atoms with van der Waals surface area (Å²) in [6.07, 6.45) is 5.84. The fourth-order valence-electron chi connectivity index (χ4n) is 3.54. The van der Waals surface area contributed by atoms with Crippen molar-refractivity contribution in [1.82, 2.24) is 10.6 Å². The summed E-state index contributed by atoms with van der Waals surface area (Å²) in [5, 5.41) is 6.50. The van der Waals surface area contributed by atoms with Gasteiger partial charge in [-0.15, -0.1) is 0 Å². The Kier molecular flexibility index (Phi) is 6.88. The Morgan fingerprint density at radius 2 is 1.63 bits per heavy atom. The third-order valence-electron chi connectivity index (χ3n) is 4.99. The molecule has 0 saturated heterocycles. The maximum Gasteiger partial charge on any atom is 0.253 e. The summed E-state index contributed by atoms with van der Waals surface area (Å²) < 4.78 is 0. The van der Waals surface area contributed by atoms with Crippen LogP contribution in [0.2, 0.25) is 5.02 Å². The van der Waals surface area contributed by atoms with Crippen molar-refractivity contribution >= 4 is 23.4 Å². The van der Waals surface area contributed by atoms with E-state index in [0.717, 1.165) is 31.2 Å². The highest BCUT2D eigenvalue weighted by Crippen LogP contribution is 2.22. The first-order valence-corrected chi connectivity index (χ1v) is 9.91. The van der Waals surface area contributed by atoms with E-state index in [-0.39, 0.29) is 24.3 Å². The van der Waals surface area contributed by atoms with E-state index in [9.17, 15) is 9.59 Å². The Balaban J connectivity index is 1.70. The number of nitrogens with one attached hydrogen (secondary N) is 2. The fourth-order valence-corrected chi connectivity index (χ4v) is 3.76. The van der Waals surface area contributed by atoms with Gasteiger partial charge < -0.3 is 10.6 Å².